The second kappa shape index (κ2) is 2.64. The van der Waals surface area contributed by atoms with Crippen LogP contribution in [0.2, 0.25) is 0 Å². The van der Waals surface area contributed by atoms with Gasteiger partial charge in [0.05, 0.1) is 0 Å². The highest BCUT2D eigenvalue weighted by Crippen LogP contribution is 2.53. The van der Waals surface area contributed by atoms with Gasteiger partial charge in [-0.2, -0.15) is 0 Å². The van der Waals surface area contributed by atoms with Crippen LogP contribution in [0.1, 0.15) is 12.8 Å². The number of hydrogen-bond acceptors (Lipinski definition) is 1. The first kappa shape index (κ1) is 7.37. The standard InChI is InChI=1S/C8H9N3O/c9-11-10-8(12)7-5-3-1-2-4-6(5)7/h1,3,5-7H,2,4H2/t5-,6+,7-/m0/s1. The number of azide groups is 1. The van der Waals surface area contributed by atoms with Crippen LogP contribution in [0.5, 0.6) is 0 Å². The van der Waals surface area contributed by atoms with E-state index in [-0.39, 0.29) is 11.8 Å². The number of fused-ring (bicyclic) bond motifs is 1. The molecule has 3 atom stereocenters. The van der Waals surface area contributed by atoms with Crippen molar-refractivity contribution < 1.29 is 4.79 Å². The molecule has 0 unspecified atom stereocenters. The molecule has 4 heteroatoms. The molecule has 0 heterocycles. The van der Waals surface area contributed by atoms with Crippen molar-refractivity contribution in [3.8, 4) is 0 Å². The highest BCUT2D eigenvalue weighted by Gasteiger charge is 2.52. The Morgan fingerprint density at radius 1 is 1.67 bits per heavy atom. The van der Waals surface area contributed by atoms with Gasteiger partial charge in [0.15, 0.2) is 0 Å². The van der Waals surface area contributed by atoms with Gasteiger partial charge in [-0.1, -0.05) is 12.2 Å². The summed E-state index contributed by atoms with van der Waals surface area (Å²) in [4.78, 5) is 13.6. The molecule has 0 aromatic rings. The Kier molecular flexibility index (Phi) is 1.62. The molecule has 1 fully saturated rings. The van der Waals surface area contributed by atoms with Gasteiger partial charge < -0.3 is 0 Å². The van der Waals surface area contributed by atoms with Crippen molar-refractivity contribution in [3.63, 3.8) is 0 Å². The SMILES string of the molecule is [N-]=[N+]=NC(=O)[C@H]1[C@H]2C=CCC[C@H]21. The van der Waals surface area contributed by atoms with Crippen LogP contribution in [0.3, 0.4) is 0 Å². The van der Waals surface area contributed by atoms with Gasteiger partial charge in [-0.25, -0.2) is 0 Å². The number of nitrogens with zero attached hydrogens (tertiary/aromatic N) is 3. The first-order chi connectivity index (χ1) is 5.84. The number of amides is 1. The zero-order valence-corrected chi connectivity index (χ0v) is 6.55. The van der Waals surface area contributed by atoms with E-state index in [2.05, 4.69) is 22.2 Å². The summed E-state index contributed by atoms with van der Waals surface area (Å²) in [5, 5.41) is 3.12. The molecular formula is C8H9N3O. The van der Waals surface area contributed by atoms with Crippen LogP contribution >= 0.6 is 0 Å². The second-order valence-electron chi connectivity index (χ2n) is 3.30. The summed E-state index contributed by atoms with van der Waals surface area (Å²) in [7, 11) is 0. The minimum absolute atomic E-state index is 0.000324. The van der Waals surface area contributed by atoms with Crippen molar-refractivity contribution in [2.24, 2.45) is 22.9 Å². The van der Waals surface area contributed by atoms with Crippen LogP contribution in [-0.4, -0.2) is 5.91 Å². The smallest absolute Gasteiger partial charge is 0.222 e. The second-order valence-corrected chi connectivity index (χ2v) is 3.30. The molecule has 2 rings (SSSR count). The van der Waals surface area contributed by atoms with Gasteiger partial charge in [0.1, 0.15) is 0 Å². The van der Waals surface area contributed by atoms with Crippen LogP contribution in [0.25, 0.3) is 10.4 Å². The molecule has 0 spiro atoms. The van der Waals surface area contributed by atoms with Crippen LogP contribution in [-0.2, 0) is 4.79 Å². The molecule has 0 aliphatic heterocycles. The monoisotopic (exact) mass is 163 g/mol. The van der Waals surface area contributed by atoms with Gasteiger partial charge in [-0.3, -0.25) is 4.79 Å². The summed E-state index contributed by atoms with van der Waals surface area (Å²) >= 11 is 0. The molecular weight excluding hydrogens is 154 g/mol. The molecule has 62 valence electrons. The minimum Gasteiger partial charge on any atom is -0.292 e. The number of carbonyl (C=O) groups is 1. The zero-order chi connectivity index (χ0) is 8.55. The average molecular weight is 163 g/mol. The molecule has 2 aliphatic rings. The van der Waals surface area contributed by atoms with Crippen LogP contribution in [0, 0.1) is 17.8 Å². The Balaban J connectivity index is 2.06. The third-order valence-corrected chi connectivity index (χ3v) is 2.68. The van der Waals surface area contributed by atoms with E-state index in [9.17, 15) is 4.79 Å². The molecule has 4 nitrogen and oxygen atoms in total. The lowest BCUT2D eigenvalue weighted by Gasteiger charge is -1.96. The van der Waals surface area contributed by atoms with E-state index in [1.807, 2.05) is 0 Å². The lowest BCUT2D eigenvalue weighted by atomic mass is 10.1. The van der Waals surface area contributed by atoms with Gasteiger partial charge in [-0.15, -0.1) is 0 Å². The molecule has 1 amide bonds. The maximum atomic E-state index is 11.1. The van der Waals surface area contributed by atoms with Crippen LogP contribution in [0.4, 0.5) is 0 Å². The number of carbonyl (C=O) groups excluding carboxylic acids is 1. The van der Waals surface area contributed by atoms with Gasteiger partial charge in [-0.05, 0) is 35.3 Å². The minimum atomic E-state index is -0.279. The fraction of sp³-hybridized carbons (Fsp3) is 0.625. The van der Waals surface area contributed by atoms with E-state index in [1.165, 1.54) is 0 Å². The summed E-state index contributed by atoms with van der Waals surface area (Å²) in [6, 6.07) is 0. The Hall–Kier alpha value is -1.28. The number of allylic oxidation sites excluding steroid dienone is 2. The van der Waals surface area contributed by atoms with E-state index in [0.29, 0.717) is 11.8 Å². The molecule has 2 aliphatic carbocycles. The largest absolute Gasteiger partial charge is 0.292 e. The molecule has 0 aromatic heterocycles. The zero-order valence-electron chi connectivity index (χ0n) is 6.55. The summed E-state index contributed by atoms with van der Waals surface area (Å²) in [6.07, 6.45) is 6.30. The van der Waals surface area contributed by atoms with Crippen molar-refractivity contribution in [1.29, 1.82) is 0 Å². The lowest BCUT2D eigenvalue weighted by molar-refractivity contribution is -0.119. The van der Waals surface area contributed by atoms with Gasteiger partial charge >= 0.3 is 0 Å². The molecule has 0 N–H and O–H groups in total. The van der Waals surface area contributed by atoms with Gasteiger partial charge in [0, 0.05) is 10.8 Å². The molecule has 0 bridgehead atoms. The van der Waals surface area contributed by atoms with Gasteiger partial charge in [0.2, 0.25) is 5.91 Å². The van der Waals surface area contributed by atoms with E-state index < -0.39 is 0 Å². The predicted octanol–water partition coefficient (Wildman–Crippen LogP) is 2.04. The normalized spacial score (nSPS) is 36.5. The fourth-order valence-electron chi connectivity index (χ4n) is 2.04. The van der Waals surface area contributed by atoms with Crippen molar-refractivity contribution in [2.45, 2.75) is 12.8 Å². The Morgan fingerprint density at radius 2 is 2.50 bits per heavy atom. The first-order valence-corrected chi connectivity index (χ1v) is 4.10. The highest BCUT2D eigenvalue weighted by molar-refractivity contribution is 5.83. The molecule has 12 heavy (non-hydrogen) atoms. The lowest BCUT2D eigenvalue weighted by Crippen LogP contribution is -1.96. The van der Waals surface area contributed by atoms with Crippen molar-refractivity contribution in [3.05, 3.63) is 22.6 Å². The summed E-state index contributed by atoms with van der Waals surface area (Å²) < 4.78 is 0. The van der Waals surface area contributed by atoms with Crippen LogP contribution in [0.15, 0.2) is 17.3 Å². The van der Waals surface area contributed by atoms with E-state index >= 15 is 0 Å². The van der Waals surface area contributed by atoms with E-state index in [4.69, 9.17) is 5.53 Å². The van der Waals surface area contributed by atoms with E-state index in [0.717, 1.165) is 12.8 Å². The van der Waals surface area contributed by atoms with Crippen molar-refractivity contribution in [1.82, 2.24) is 0 Å². The summed E-state index contributed by atoms with van der Waals surface area (Å²) in [5.74, 6) is 0.559. The number of hydrogen-bond donors (Lipinski definition) is 0. The topological polar surface area (TPSA) is 65.8 Å². The first-order valence-electron chi connectivity index (χ1n) is 4.10. The Labute approximate surface area is 69.9 Å². The van der Waals surface area contributed by atoms with Gasteiger partial charge in [0.25, 0.3) is 0 Å². The molecule has 0 saturated heterocycles. The van der Waals surface area contributed by atoms with Crippen LogP contribution < -0.4 is 0 Å². The van der Waals surface area contributed by atoms with E-state index in [1.54, 1.807) is 0 Å². The van der Waals surface area contributed by atoms with Crippen molar-refractivity contribution >= 4 is 5.91 Å². The number of rotatable bonds is 1. The molecule has 0 aromatic carbocycles. The third-order valence-electron chi connectivity index (χ3n) is 2.68. The average Bonchev–Trinajstić information content (AvgIpc) is 2.78. The predicted molar refractivity (Wildman–Crippen MR) is 43.0 cm³/mol. The van der Waals surface area contributed by atoms with Crippen molar-refractivity contribution in [2.75, 3.05) is 0 Å². The molecule has 0 radical (unpaired) electrons. The fourth-order valence-corrected chi connectivity index (χ4v) is 2.04. The molecule has 1 saturated carbocycles. The highest BCUT2D eigenvalue weighted by atomic mass is 16.2. The maximum Gasteiger partial charge on any atom is 0.222 e. The quantitative estimate of drug-likeness (QED) is 0.252. The Bertz CT molecular complexity index is 291. The summed E-state index contributed by atoms with van der Waals surface area (Å²) in [5.41, 5.74) is 8.07. The maximum absolute atomic E-state index is 11.1. The Morgan fingerprint density at radius 3 is 3.08 bits per heavy atom. The summed E-state index contributed by atoms with van der Waals surface area (Å²) in [6.45, 7) is 0. The third kappa shape index (κ3) is 1.01.